The summed E-state index contributed by atoms with van der Waals surface area (Å²) in [6, 6.07) is 0. The highest BCUT2D eigenvalue weighted by Crippen LogP contribution is 2.60. The maximum Gasteiger partial charge on any atom is 0.394 e. The van der Waals surface area contributed by atoms with Crippen molar-refractivity contribution in [3.8, 4) is 0 Å². The molecule has 0 rings (SSSR count). The Morgan fingerprint density at radius 1 is 0.182 bits per heavy atom. The number of alkyl halides is 24. The van der Waals surface area contributed by atoms with Crippen molar-refractivity contribution in [2.75, 3.05) is 0 Å². The molecular weight excluding hydrogens is 1490 g/mol. The molecule has 0 saturated carbocycles. The third kappa shape index (κ3) is 34.7. The van der Waals surface area contributed by atoms with E-state index in [1.165, 1.54) is 55.4 Å². The van der Waals surface area contributed by atoms with Crippen molar-refractivity contribution >= 4 is 0 Å². The zero-order chi connectivity index (χ0) is 90.6. The first-order valence-electron chi connectivity index (χ1n) is 41.5. The molecule has 7 unspecified atom stereocenters. The molecule has 0 aliphatic carbocycles. The fourth-order valence-electron chi connectivity index (χ4n) is 17.2. The molecule has 0 fully saturated rings. The van der Waals surface area contributed by atoms with Crippen LogP contribution in [0.25, 0.3) is 0 Å². The van der Waals surface area contributed by atoms with Crippen LogP contribution in [0, 0.1) is 101 Å². The predicted molar refractivity (Wildman–Crippen MR) is 416 cm³/mol. The fraction of sp³-hybridized carbons (Fsp3) is 1.00. The van der Waals surface area contributed by atoms with E-state index in [-0.39, 0.29) is 112 Å². The molecule has 0 aromatic carbocycles. The number of halogens is 24. The second-order valence-corrected chi connectivity index (χ2v) is 34.9. The highest BCUT2D eigenvalue weighted by atomic mass is 19.4. The summed E-state index contributed by atoms with van der Waals surface area (Å²) in [6.07, 6.45) is -22.5. The first-order valence-corrected chi connectivity index (χ1v) is 41.5. The molecule has 0 saturated heterocycles. The van der Waals surface area contributed by atoms with Gasteiger partial charge in [0.05, 0.1) is 43.3 Å². The first-order chi connectivity index (χ1) is 48.9. The standard InChI is InChI=1S/C13H25F3.2C12H23F3.2C11H21F3.C10H19F3.C9H17F3.C8H15F3/c1-7-8-12(6,13(14,15)16)11(9(2)3)10(4)5;1-7-11(6,12(13,14)15)10(8(2)3)9(4)5;1-6-9-11(5,12(13,14)15)10(4,7-2)8-3;1-6-9(4,7-2)10(5,8-3)11(12,13)14;1-5-8-10(4,11(12,13)14)9(6-2)7-3;1-5-8(6-2)9(4,7-3)10(11,12)13;1-4-6-8(3,7-5-2)9(10,11)12;1-4-6-7(3,5-2)8(9,10)11/h9-11H,7-8H2,1-6H3;8-10H,7H2,1-6H3;6-9H2,1-5H3;6-8H2,1-5H3;9H,5-8H2,1-4H3;8H,5-7H2,1-4H3;4-7H2,1-3H3;4-6H2,1-3H3. The molecule has 0 bridgehead atoms. The van der Waals surface area contributed by atoms with Crippen molar-refractivity contribution in [2.24, 2.45) is 101 Å². The number of rotatable bonds is 34. The fourth-order valence-corrected chi connectivity index (χ4v) is 17.2. The summed E-state index contributed by atoms with van der Waals surface area (Å²) in [5, 5.41) is 0. The van der Waals surface area contributed by atoms with E-state index in [1.54, 1.807) is 62.3 Å². The van der Waals surface area contributed by atoms with E-state index in [0.29, 0.717) is 89.9 Å². The van der Waals surface area contributed by atoms with Gasteiger partial charge in [-0.3, -0.25) is 0 Å². The van der Waals surface area contributed by atoms with Crippen LogP contribution in [0.3, 0.4) is 0 Å². The van der Waals surface area contributed by atoms with Gasteiger partial charge in [0.1, 0.15) is 0 Å². The van der Waals surface area contributed by atoms with Crippen LogP contribution in [0.4, 0.5) is 105 Å². The van der Waals surface area contributed by atoms with E-state index in [1.807, 2.05) is 132 Å². The summed E-state index contributed by atoms with van der Waals surface area (Å²) >= 11 is 0. The van der Waals surface area contributed by atoms with Crippen LogP contribution in [-0.2, 0) is 0 Å². The second-order valence-electron chi connectivity index (χ2n) is 34.9. The first kappa shape index (κ1) is 124. The van der Waals surface area contributed by atoms with Gasteiger partial charge in [0.25, 0.3) is 0 Å². The third-order valence-corrected chi connectivity index (χ3v) is 26.8. The van der Waals surface area contributed by atoms with Crippen molar-refractivity contribution in [1.29, 1.82) is 0 Å². The summed E-state index contributed by atoms with van der Waals surface area (Å²) in [5.74, 6) is -0.917. The Hall–Kier alpha value is -1.68. The molecule has 0 N–H and O–H groups in total. The quantitative estimate of drug-likeness (QED) is 0.0564. The number of hydrogen-bond donors (Lipinski definition) is 0. The molecule has 0 aromatic heterocycles. The van der Waals surface area contributed by atoms with Crippen molar-refractivity contribution < 1.29 is 105 Å². The van der Waals surface area contributed by atoms with Gasteiger partial charge in [-0.1, -0.05) is 313 Å². The molecule has 0 aromatic rings. The van der Waals surface area contributed by atoms with Crippen LogP contribution >= 0.6 is 0 Å². The minimum absolute atomic E-state index is 0.0524. The highest BCUT2D eigenvalue weighted by Gasteiger charge is 2.62. The van der Waals surface area contributed by atoms with E-state index in [2.05, 4.69) is 0 Å². The second kappa shape index (κ2) is 50.9. The Labute approximate surface area is 657 Å². The van der Waals surface area contributed by atoms with Crippen LogP contribution in [0.1, 0.15) is 403 Å². The monoisotopic (exact) mass is 1650 g/mol. The van der Waals surface area contributed by atoms with Gasteiger partial charge in [0, 0.05) is 0 Å². The van der Waals surface area contributed by atoms with Gasteiger partial charge in [-0.2, -0.15) is 105 Å². The van der Waals surface area contributed by atoms with Crippen LogP contribution in [0.2, 0.25) is 0 Å². The molecule has 0 radical (unpaired) electrons. The van der Waals surface area contributed by atoms with Gasteiger partial charge in [0.15, 0.2) is 0 Å². The molecule has 0 aliphatic heterocycles. The zero-order valence-corrected chi connectivity index (χ0v) is 75.7. The van der Waals surface area contributed by atoms with Gasteiger partial charge in [-0.05, 0) is 148 Å². The minimum atomic E-state index is -4.11. The van der Waals surface area contributed by atoms with Gasteiger partial charge >= 0.3 is 49.4 Å². The van der Waals surface area contributed by atoms with Crippen molar-refractivity contribution in [1.82, 2.24) is 0 Å². The van der Waals surface area contributed by atoms with E-state index in [4.69, 9.17) is 0 Å². The lowest BCUT2D eigenvalue weighted by molar-refractivity contribution is -0.261. The lowest BCUT2D eigenvalue weighted by atomic mass is 9.60. The molecule has 0 heterocycles. The number of hydrogen-bond acceptors (Lipinski definition) is 0. The average molecular weight is 1650 g/mol. The van der Waals surface area contributed by atoms with Crippen molar-refractivity contribution in [3.63, 3.8) is 0 Å². The van der Waals surface area contributed by atoms with E-state index in [0.717, 1.165) is 0 Å². The topological polar surface area (TPSA) is 0 Å². The molecule has 0 spiro atoms. The normalized spacial score (nSPS) is 17.1. The van der Waals surface area contributed by atoms with Crippen molar-refractivity contribution in [3.05, 3.63) is 0 Å². The maximum absolute atomic E-state index is 13.3. The van der Waals surface area contributed by atoms with Gasteiger partial charge in [-0.15, -0.1) is 0 Å². The molecular formula is C86H164F24. The molecule has 24 heteroatoms. The molecule has 7 atom stereocenters. The van der Waals surface area contributed by atoms with E-state index < -0.39 is 104 Å². The SMILES string of the molecule is CCC(C)(C(C(C)C)C(C)C)C(F)(F)F.CCC(C)(CC)C(C)(CC)C(F)(F)F.CCC(CC)C(C)(CC)C(F)(F)F.CCCC(C)(C(C(C)C)C(C)C)C(F)(F)F.CCCC(C)(C(CC)CC)C(F)(F)F.CCCC(C)(C(F)(F)F)C(C)(CC)CC.CCCC(C)(CC)C(F)(F)F.CCCC(C)(CCC)C(F)(F)F. The van der Waals surface area contributed by atoms with E-state index in [9.17, 15) is 105 Å². The predicted octanol–water partition coefficient (Wildman–Crippen LogP) is 37.3. The van der Waals surface area contributed by atoms with Gasteiger partial charge in [-0.25, -0.2) is 0 Å². The summed E-state index contributed by atoms with van der Waals surface area (Å²) < 4.78 is 309. The Morgan fingerprint density at radius 3 is 0.527 bits per heavy atom. The highest BCUT2D eigenvalue weighted by molar-refractivity contribution is 4.98. The van der Waals surface area contributed by atoms with Crippen LogP contribution in [-0.4, -0.2) is 49.4 Å². The Balaban J connectivity index is -0.000000181. The molecule has 676 valence electrons. The lowest BCUT2D eigenvalue weighted by Gasteiger charge is -2.47. The molecule has 0 amide bonds. The maximum atomic E-state index is 13.3. The van der Waals surface area contributed by atoms with Crippen LogP contribution < -0.4 is 0 Å². The van der Waals surface area contributed by atoms with E-state index >= 15 is 0 Å². The Bertz CT molecular complexity index is 2230. The minimum Gasteiger partial charge on any atom is -0.171 e. The van der Waals surface area contributed by atoms with Crippen LogP contribution in [0.15, 0.2) is 0 Å². The lowest BCUT2D eigenvalue weighted by Crippen LogP contribution is -2.48. The van der Waals surface area contributed by atoms with Crippen LogP contribution in [0.5, 0.6) is 0 Å². The summed E-state index contributed by atoms with van der Waals surface area (Å²) in [7, 11) is 0. The zero-order valence-electron chi connectivity index (χ0n) is 75.7. The largest absolute Gasteiger partial charge is 0.394 e. The molecule has 0 aliphatic rings. The molecule has 0 nitrogen and oxygen atoms in total. The van der Waals surface area contributed by atoms with Crippen molar-refractivity contribution in [2.45, 2.75) is 453 Å². The average Bonchev–Trinajstić information content (AvgIpc) is 0.769. The third-order valence-electron chi connectivity index (χ3n) is 26.8. The Kier molecular flexibility index (Phi) is 57.4. The summed E-state index contributed by atoms with van der Waals surface area (Å²) in [6.45, 7) is 61.4. The Morgan fingerprint density at radius 2 is 0.391 bits per heavy atom. The summed E-state index contributed by atoms with van der Waals surface area (Å²) in [4.78, 5) is 0. The molecule has 110 heavy (non-hydrogen) atoms. The van der Waals surface area contributed by atoms with Gasteiger partial charge in [0.2, 0.25) is 0 Å². The summed E-state index contributed by atoms with van der Waals surface area (Å²) in [5.41, 5.74) is -13.5. The smallest absolute Gasteiger partial charge is 0.171 e. The van der Waals surface area contributed by atoms with Gasteiger partial charge < -0.3 is 0 Å².